The number of ether oxygens (including phenoxy) is 1. The molecule has 3 nitrogen and oxygen atoms in total. The van der Waals surface area contributed by atoms with Crippen LogP contribution in [0.1, 0.15) is 0 Å². The predicted molar refractivity (Wildman–Crippen MR) is 50.3 cm³/mol. The number of hydrogen-bond acceptors (Lipinski definition) is 5. The summed E-state index contributed by atoms with van der Waals surface area (Å²) in [6, 6.07) is 0. The fourth-order valence-corrected chi connectivity index (χ4v) is 1.96. The molecule has 12 heavy (non-hydrogen) atoms. The smallest absolute Gasteiger partial charge is 0.174 e. The lowest BCUT2D eigenvalue weighted by Gasteiger charge is -1.96. The van der Waals surface area contributed by atoms with Crippen LogP contribution in [0.4, 0.5) is 0 Å². The highest BCUT2D eigenvalue weighted by atomic mass is 32.2. The first-order valence-electron chi connectivity index (χ1n) is 3.33. The Labute approximate surface area is 79.5 Å². The topological polar surface area (TPSA) is 35.0 Å². The fourth-order valence-electron chi connectivity index (χ4n) is 0.545. The van der Waals surface area contributed by atoms with Crippen LogP contribution in [-0.2, 0) is 4.74 Å². The van der Waals surface area contributed by atoms with Crippen molar-refractivity contribution in [3.63, 3.8) is 0 Å². The largest absolute Gasteiger partial charge is 0.368 e. The van der Waals surface area contributed by atoms with Crippen LogP contribution in [0.3, 0.4) is 0 Å². The van der Waals surface area contributed by atoms with Gasteiger partial charge in [0.05, 0.1) is 6.61 Å². The Morgan fingerprint density at radius 2 is 2.67 bits per heavy atom. The Morgan fingerprint density at radius 3 is 3.33 bits per heavy atom. The lowest BCUT2D eigenvalue weighted by molar-refractivity contribution is 0.185. The fraction of sp³-hybridized carbons (Fsp3) is 0.429. The van der Waals surface area contributed by atoms with Gasteiger partial charge >= 0.3 is 0 Å². The number of terminal acetylenes is 1. The van der Waals surface area contributed by atoms with Gasteiger partial charge in [-0.15, -0.1) is 16.6 Å². The van der Waals surface area contributed by atoms with Gasteiger partial charge in [0.15, 0.2) is 4.34 Å². The summed E-state index contributed by atoms with van der Waals surface area (Å²) >= 11 is 3.16. The normalized spacial score (nSPS) is 9.58. The van der Waals surface area contributed by atoms with Gasteiger partial charge in [-0.05, 0) is 0 Å². The Morgan fingerprint density at radius 1 is 1.75 bits per heavy atom. The summed E-state index contributed by atoms with van der Waals surface area (Å²) in [5.41, 5.74) is 1.71. The van der Waals surface area contributed by atoms with E-state index in [2.05, 4.69) is 16.1 Å². The van der Waals surface area contributed by atoms with E-state index in [4.69, 9.17) is 11.2 Å². The van der Waals surface area contributed by atoms with Gasteiger partial charge in [0.25, 0.3) is 0 Å². The Balaban J connectivity index is 2.01. The van der Waals surface area contributed by atoms with Crippen LogP contribution >= 0.6 is 23.1 Å². The van der Waals surface area contributed by atoms with Crippen molar-refractivity contribution < 1.29 is 4.74 Å². The van der Waals surface area contributed by atoms with E-state index in [1.807, 2.05) is 0 Å². The second kappa shape index (κ2) is 6.00. The summed E-state index contributed by atoms with van der Waals surface area (Å²) < 4.78 is 6.05. The average Bonchev–Trinajstić information content (AvgIpc) is 2.57. The summed E-state index contributed by atoms with van der Waals surface area (Å²) in [5, 5.41) is 7.58. The van der Waals surface area contributed by atoms with Crippen molar-refractivity contribution in [2.24, 2.45) is 0 Å². The van der Waals surface area contributed by atoms with Gasteiger partial charge in [-0.2, -0.15) is 0 Å². The number of rotatable bonds is 5. The molecule has 0 spiro atoms. The molecule has 0 aromatic carbocycles. The standard InChI is InChI=1S/C7H8N2OS2/c1-2-3-10-4-5-11-7-9-8-6-12-7/h1,6H,3-5H2. The third-order valence-electron chi connectivity index (χ3n) is 0.979. The van der Waals surface area contributed by atoms with Crippen LogP contribution < -0.4 is 0 Å². The van der Waals surface area contributed by atoms with Crippen molar-refractivity contribution in [1.82, 2.24) is 10.2 Å². The van der Waals surface area contributed by atoms with Gasteiger partial charge < -0.3 is 4.74 Å². The molecule has 5 heteroatoms. The molecule has 1 aromatic heterocycles. The highest BCUT2D eigenvalue weighted by Crippen LogP contribution is 2.17. The highest BCUT2D eigenvalue weighted by molar-refractivity contribution is 8.01. The molecule has 64 valence electrons. The molecule has 0 saturated heterocycles. The van der Waals surface area contributed by atoms with E-state index >= 15 is 0 Å². The summed E-state index contributed by atoms with van der Waals surface area (Å²) in [4.78, 5) is 0. The van der Waals surface area contributed by atoms with Gasteiger partial charge in [-0.3, -0.25) is 0 Å². The molecule has 1 rings (SSSR count). The maximum atomic E-state index is 5.08. The maximum absolute atomic E-state index is 5.08. The van der Waals surface area contributed by atoms with E-state index in [9.17, 15) is 0 Å². The van der Waals surface area contributed by atoms with E-state index < -0.39 is 0 Å². The third-order valence-corrected chi connectivity index (χ3v) is 2.80. The van der Waals surface area contributed by atoms with Crippen LogP contribution in [-0.4, -0.2) is 29.2 Å². The van der Waals surface area contributed by atoms with Gasteiger partial charge in [0.1, 0.15) is 12.1 Å². The minimum Gasteiger partial charge on any atom is -0.368 e. The molecule has 1 aromatic rings. The van der Waals surface area contributed by atoms with Crippen molar-refractivity contribution >= 4 is 23.1 Å². The zero-order valence-electron chi connectivity index (χ0n) is 6.40. The molecule has 0 amide bonds. The van der Waals surface area contributed by atoms with Crippen LogP contribution in [0, 0.1) is 12.3 Å². The number of thioether (sulfide) groups is 1. The van der Waals surface area contributed by atoms with Gasteiger partial charge in [0.2, 0.25) is 0 Å². The number of nitrogens with zero attached hydrogens (tertiary/aromatic N) is 2. The van der Waals surface area contributed by atoms with Crippen molar-refractivity contribution in [3.8, 4) is 12.3 Å². The van der Waals surface area contributed by atoms with Crippen LogP contribution in [0.25, 0.3) is 0 Å². The Bertz CT molecular complexity index is 242. The minimum absolute atomic E-state index is 0.386. The average molecular weight is 200 g/mol. The molecule has 1 heterocycles. The lowest BCUT2D eigenvalue weighted by atomic mass is 10.7. The second-order valence-electron chi connectivity index (χ2n) is 1.81. The van der Waals surface area contributed by atoms with Crippen LogP contribution in [0.2, 0.25) is 0 Å². The molecular weight excluding hydrogens is 192 g/mol. The minimum atomic E-state index is 0.386. The molecule has 0 atom stereocenters. The summed E-state index contributed by atoms with van der Waals surface area (Å²) in [6.45, 7) is 1.05. The van der Waals surface area contributed by atoms with Crippen molar-refractivity contribution in [2.75, 3.05) is 19.0 Å². The van der Waals surface area contributed by atoms with Gasteiger partial charge in [0, 0.05) is 5.75 Å². The first kappa shape index (κ1) is 9.52. The SMILES string of the molecule is C#CCOCCSc1nncs1. The molecule has 0 aliphatic heterocycles. The predicted octanol–water partition coefficient (Wildman–Crippen LogP) is 1.28. The molecule has 0 N–H and O–H groups in total. The zero-order valence-corrected chi connectivity index (χ0v) is 8.03. The number of hydrogen-bond donors (Lipinski definition) is 0. The molecule has 0 fully saturated rings. The van der Waals surface area contributed by atoms with Crippen molar-refractivity contribution in [2.45, 2.75) is 4.34 Å². The second-order valence-corrected chi connectivity index (χ2v) is 3.99. The van der Waals surface area contributed by atoms with Gasteiger partial charge in [-0.25, -0.2) is 0 Å². The molecular formula is C7H8N2OS2. The van der Waals surface area contributed by atoms with Gasteiger partial charge in [-0.1, -0.05) is 29.0 Å². The molecule has 0 saturated carbocycles. The lowest BCUT2D eigenvalue weighted by Crippen LogP contribution is -1.96. The number of aromatic nitrogens is 2. The summed E-state index contributed by atoms with van der Waals surface area (Å²) in [5.74, 6) is 3.28. The maximum Gasteiger partial charge on any atom is 0.174 e. The van der Waals surface area contributed by atoms with Crippen LogP contribution in [0.15, 0.2) is 9.85 Å². The van der Waals surface area contributed by atoms with E-state index in [-0.39, 0.29) is 0 Å². The zero-order chi connectivity index (χ0) is 8.65. The quantitative estimate of drug-likeness (QED) is 0.407. The third kappa shape index (κ3) is 3.72. The molecule has 0 aliphatic carbocycles. The van der Waals surface area contributed by atoms with E-state index in [1.54, 1.807) is 17.3 Å². The molecule has 0 bridgehead atoms. The highest BCUT2D eigenvalue weighted by Gasteiger charge is 1.95. The van der Waals surface area contributed by atoms with Crippen molar-refractivity contribution in [1.29, 1.82) is 0 Å². The molecule has 0 radical (unpaired) electrons. The van der Waals surface area contributed by atoms with E-state index in [0.717, 1.165) is 10.1 Å². The first-order chi connectivity index (χ1) is 5.93. The molecule has 0 aliphatic rings. The molecule has 0 unspecified atom stereocenters. The summed E-state index contributed by atoms with van der Waals surface area (Å²) in [7, 11) is 0. The first-order valence-corrected chi connectivity index (χ1v) is 5.20. The Kier molecular flexibility index (Phi) is 4.76. The van der Waals surface area contributed by atoms with E-state index in [1.165, 1.54) is 11.3 Å². The Hall–Kier alpha value is -0.570. The monoisotopic (exact) mass is 200 g/mol. The van der Waals surface area contributed by atoms with Crippen LogP contribution in [0.5, 0.6) is 0 Å². The van der Waals surface area contributed by atoms with Crippen molar-refractivity contribution in [3.05, 3.63) is 5.51 Å². The summed E-state index contributed by atoms with van der Waals surface area (Å²) in [6.07, 6.45) is 5.00. The van der Waals surface area contributed by atoms with E-state index in [0.29, 0.717) is 13.2 Å².